The number of fused-ring (bicyclic) bond motifs is 1. The molecule has 0 saturated carbocycles. The molecule has 0 unspecified atom stereocenters. The maximum Gasteiger partial charge on any atom is 0.192 e. The van der Waals surface area contributed by atoms with Crippen LogP contribution in [-0.2, 0) is 0 Å². The number of aryl methyl sites for hydroxylation is 2. The van der Waals surface area contributed by atoms with Gasteiger partial charge in [0, 0.05) is 16.6 Å². The van der Waals surface area contributed by atoms with Gasteiger partial charge in [-0.3, -0.25) is 0 Å². The average Bonchev–Trinajstić information content (AvgIpc) is 2.82. The molecule has 0 spiro atoms. The standard InChI is InChI=1S/C13H13N3O/c1-7-4-3-5-10-11(7)12(8(2)16-10)13-9(14)6-15-17-13/h3-6,16H,14H2,1-2H3. The van der Waals surface area contributed by atoms with E-state index in [1.165, 1.54) is 11.8 Å². The van der Waals surface area contributed by atoms with Crippen LogP contribution in [0.15, 0.2) is 28.9 Å². The molecule has 2 heterocycles. The highest BCUT2D eigenvalue weighted by atomic mass is 16.5. The monoisotopic (exact) mass is 227 g/mol. The van der Waals surface area contributed by atoms with E-state index in [2.05, 4.69) is 23.1 Å². The van der Waals surface area contributed by atoms with Crippen molar-refractivity contribution in [3.05, 3.63) is 35.7 Å². The summed E-state index contributed by atoms with van der Waals surface area (Å²) in [7, 11) is 0. The molecule has 4 heteroatoms. The summed E-state index contributed by atoms with van der Waals surface area (Å²) in [6.07, 6.45) is 1.53. The third kappa shape index (κ3) is 1.34. The van der Waals surface area contributed by atoms with E-state index in [-0.39, 0.29) is 0 Å². The van der Waals surface area contributed by atoms with Crippen molar-refractivity contribution in [3.8, 4) is 11.3 Å². The Kier molecular flexibility index (Phi) is 1.98. The number of anilines is 1. The number of rotatable bonds is 1. The van der Waals surface area contributed by atoms with Gasteiger partial charge >= 0.3 is 0 Å². The number of nitrogen functional groups attached to an aromatic ring is 1. The minimum absolute atomic E-state index is 0.567. The predicted octanol–water partition coefficient (Wildman–Crippen LogP) is 3.02. The fourth-order valence-electron chi connectivity index (χ4n) is 2.28. The van der Waals surface area contributed by atoms with Crippen molar-refractivity contribution >= 4 is 16.6 Å². The highest BCUT2D eigenvalue weighted by Crippen LogP contribution is 2.36. The maximum atomic E-state index is 5.87. The van der Waals surface area contributed by atoms with E-state index >= 15 is 0 Å². The van der Waals surface area contributed by atoms with Gasteiger partial charge in [-0.2, -0.15) is 0 Å². The molecule has 1 aromatic carbocycles. The Morgan fingerprint density at radius 1 is 1.29 bits per heavy atom. The number of H-pyrrole nitrogens is 1. The van der Waals surface area contributed by atoms with E-state index in [0.29, 0.717) is 11.4 Å². The lowest BCUT2D eigenvalue weighted by molar-refractivity contribution is 0.432. The Morgan fingerprint density at radius 2 is 2.12 bits per heavy atom. The van der Waals surface area contributed by atoms with E-state index < -0.39 is 0 Å². The van der Waals surface area contributed by atoms with Gasteiger partial charge in [0.1, 0.15) is 5.69 Å². The van der Waals surface area contributed by atoms with Crippen LogP contribution in [0.4, 0.5) is 5.69 Å². The summed E-state index contributed by atoms with van der Waals surface area (Å²) < 4.78 is 5.26. The first-order valence-corrected chi connectivity index (χ1v) is 5.47. The summed E-state index contributed by atoms with van der Waals surface area (Å²) in [5, 5.41) is 4.89. The number of nitrogens with two attached hydrogens (primary N) is 1. The van der Waals surface area contributed by atoms with Crippen molar-refractivity contribution in [1.29, 1.82) is 0 Å². The fourth-order valence-corrected chi connectivity index (χ4v) is 2.28. The van der Waals surface area contributed by atoms with Crippen molar-refractivity contribution in [3.63, 3.8) is 0 Å². The highest BCUT2D eigenvalue weighted by molar-refractivity contribution is 6.00. The minimum atomic E-state index is 0.567. The molecule has 2 aromatic heterocycles. The zero-order chi connectivity index (χ0) is 12.0. The largest absolute Gasteiger partial charge is 0.394 e. The normalized spacial score (nSPS) is 11.2. The van der Waals surface area contributed by atoms with E-state index in [1.54, 1.807) is 0 Å². The quantitative estimate of drug-likeness (QED) is 0.671. The summed E-state index contributed by atoms with van der Waals surface area (Å²) in [4.78, 5) is 3.34. The molecule has 0 bridgehead atoms. The van der Waals surface area contributed by atoms with Crippen LogP contribution in [0.5, 0.6) is 0 Å². The lowest BCUT2D eigenvalue weighted by Crippen LogP contribution is -1.86. The summed E-state index contributed by atoms with van der Waals surface area (Å²) in [5.41, 5.74) is 10.8. The van der Waals surface area contributed by atoms with Gasteiger partial charge in [-0.05, 0) is 25.5 Å². The Morgan fingerprint density at radius 3 is 2.82 bits per heavy atom. The molecule has 4 nitrogen and oxygen atoms in total. The number of hydrogen-bond acceptors (Lipinski definition) is 3. The summed E-state index contributed by atoms with van der Waals surface area (Å²) >= 11 is 0. The second-order valence-corrected chi connectivity index (χ2v) is 4.23. The van der Waals surface area contributed by atoms with Crippen LogP contribution in [-0.4, -0.2) is 10.1 Å². The molecule has 0 fully saturated rings. The van der Waals surface area contributed by atoms with Crippen LogP contribution in [0.25, 0.3) is 22.2 Å². The molecule has 0 aliphatic carbocycles. The third-order valence-corrected chi connectivity index (χ3v) is 3.04. The van der Waals surface area contributed by atoms with Crippen LogP contribution >= 0.6 is 0 Å². The summed E-state index contributed by atoms with van der Waals surface area (Å²) in [5.74, 6) is 0.642. The van der Waals surface area contributed by atoms with Crippen molar-refractivity contribution in [1.82, 2.24) is 10.1 Å². The van der Waals surface area contributed by atoms with Gasteiger partial charge in [0.25, 0.3) is 0 Å². The molecule has 0 aliphatic heterocycles. The third-order valence-electron chi connectivity index (χ3n) is 3.04. The van der Waals surface area contributed by atoms with Gasteiger partial charge in [-0.15, -0.1) is 0 Å². The summed E-state index contributed by atoms with van der Waals surface area (Å²) in [6.45, 7) is 4.09. The first-order chi connectivity index (χ1) is 8.18. The predicted molar refractivity (Wildman–Crippen MR) is 67.7 cm³/mol. The summed E-state index contributed by atoms with van der Waals surface area (Å²) in [6, 6.07) is 6.15. The molecule has 86 valence electrons. The van der Waals surface area contributed by atoms with E-state index in [0.717, 1.165) is 22.2 Å². The first kappa shape index (κ1) is 9.96. The second kappa shape index (κ2) is 3.38. The zero-order valence-corrected chi connectivity index (χ0v) is 9.74. The highest BCUT2D eigenvalue weighted by Gasteiger charge is 2.17. The van der Waals surface area contributed by atoms with Crippen molar-refractivity contribution in [2.24, 2.45) is 0 Å². The lowest BCUT2D eigenvalue weighted by Gasteiger charge is -2.00. The van der Waals surface area contributed by atoms with Gasteiger partial charge < -0.3 is 15.2 Å². The number of benzene rings is 1. The average molecular weight is 227 g/mol. The minimum Gasteiger partial charge on any atom is -0.394 e. The van der Waals surface area contributed by atoms with Crippen LogP contribution in [0, 0.1) is 13.8 Å². The molecule has 0 amide bonds. The maximum absolute atomic E-state index is 5.87. The fraction of sp³-hybridized carbons (Fsp3) is 0.154. The van der Waals surface area contributed by atoms with Crippen LogP contribution in [0.3, 0.4) is 0 Å². The van der Waals surface area contributed by atoms with Gasteiger partial charge in [-0.25, -0.2) is 0 Å². The van der Waals surface area contributed by atoms with E-state index in [9.17, 15) is 0 Å². The van der Waals surface area contributed by atoms with Gasteiger partial charge in [0.2, 0.25) is 0 Å². The Balaban J connectivity index is 2.44. The molecular formula is C13H13N3O. The molecule has 3 aromatic rings. The number of nitrogens with one attached hydrogen (secondary N) is 1. The van der Waals surface area contributed by atoms with Gasteiger partial charge in [0.05, 0.1) is 11.8 Å². The second-order valence-electron chi connectivity index (χ2n) is 4.23. The van der Waals surface area contributed by atoms with Gasteiger partial charge in [-0.1, -0.05) is 17.3 Å². The molecule has 3 rings (SSSR count). The van der Waals surface area contributed by atoms with Crippen LogP contribution in [0.2, 0.25) is 0 Å². The number of aromatic amines is 1. The molecule has 0 radical (unpaired) electrons. The molecule has 0 aliphatic rings. The molecule has 3 N–H and O–H groups in total. The molecule has 0 saturated heterocycles. The van der Waals surface area contributed by atoms with Crippen molar-refractivity contribution in [2.75, 3.05) is 5.73 Å². The number of hydrogen-bond donors (Lipinski definition) is 2. The van der Waals surface area contributed by atoms with Gasteiger partial charge in [0.15, 0.2) is 5.76 Å². The Hall–Kier alpha value is -2.23. The first-order valence-electron chi connectivity index (χ1n) is 5.47. The number of aromatic nitrogens is 2. The van der Waals surface area contributed by atoms with Crippen LogP contribution in [0.1, 0.15) is 11.3 Å². The van der Waals surface area contributed by atoms with Crippen molar-refractivity contribution < 1.29 is 4.52 Å². The SMILES string of the molecule is Cc1[nH]c2cccc(C)c2c1-c1oncc1N. The van der Waals surface area contributed by atoms with E-state index in [4.69, 9.17) is 10.3 Å². The van der Waals surface area contributed by atoms with Crippen molar-refractivity contribution in [2.45, 2.75) is 13.8 Å². The molecule has 0 atom stereocenters. The van der Waals surface area contributed by atoms with E-state index in [1.807, 2.05) is 19.1 Å². The zero-order valence-electron chi connectivity index (χ0n) is 9.74. The Bertz CT molecular complexity index is 694. The van der Waals surface area contributed by atoms with Crippen LogP contribution < -0.4 is 5.73 Å². The molecule has 17 heavy (non-hydrogen) atoms. The topological polar surface area (TPSA) is 67.8 Å². The smallest absolute Gasteiger partial charge is 0.192 e. The lowest BCUT2D eigenvalue weighted by atomic mass is 10.0. The number of nitrogens with zero attached hydrogens (tertiary/aromatic N) is 1. The Labute approximate surface area is 98.4 Å². The molecular weight excluding hydrogens is 214 g/mol.